The van der Waals surface area contributed by atoms with Gasteiger partial charge < -0.3 is 20.4 Å². The van der Waals surface area contributed by atoms with Crippen LogP contribution in [-0.4, -0.2) is 53.6 Å². The minimum atomic E-state index is -3.17. The molecule has 4 N–H and O–H groups in total. The molecule has 49 heavy (non-hydrogen) atoms. The molecule has 3 amide bonds. The maximum atomic E-state index is 15.0. The lowest BCUT2D eigenvalue weighted by molar-refractivity contribution is -0.145. The number of benzene rings is 3. The van der Waals surface area contributed by atoms with Crippen LogP contribution in [0, 0.1) is 5.41 Å². The van der Waals surface area contributed by atoms with Crippen LogP contribution in [0.4, 0.5) is 8.78 Å². The topological polar surface area (TPSA) is 141 Å². The number of rotatable bonds is 8. The first-order valence-corrected chi connectivity index (χ1v) is 16.5. The zero-order valence-electron chi connectivity index (χ0n) is 26.6. The van der Waals surface area contributed by atoms with E-state index in [2.05, 4.69) is 21.0 Å². The molecule has 4 aromatic rings. The number of halogens is 2. The summed E-state index contributed by atoms with van der Waals surface area (Å²) >= 11 is 1.32. The van der Waals surface area contributed by atoms with Crippen LogP contribution in [0.1, 0.15) is 69.7 Å². The van der Waals surface area contributed by atoms with Crippen molar-refractivity contribution >= 4 is 40.9 Å². The van der Waals surface area contributed by atoms with E-state index in [1.807, 2.05) is 30.3 Å². The number of amides is 3. The Hall–Kier alpha value is -5.43. The van der Waals surface area contributed by atoms with E-state index in [-0.39, 0.29) is 46.5 Å². The lowest BCUT2D eigenvalue weighted by Gasteiger charge is -2.25. The average molecular weight is 686 g/mol. The van der Waals surface area contributed by atoms with Crippen molar-refractivity contribution in [2.45, 2.75) is 44.2 Å². The van der Waals surface area contributed by atoms with Crippen molar-refractivity contribution < 1.29 is 32.8 Å². The summed E-state index contributed by atoms with van der Waals surface area (Å²) in [5, 5.41) is 15.4. The third kappa shape index (κ3) is 6.79. The minimum Gasteiger partial charge on any atom is -0.347 e. The van der Waals surface area contributed by atoms with Crippen LogP contribution in [0.25, 0.3) is 11.1 Å². The second-order valence-electron chi connectivity index (χ2n) is 12.0. The number of hydroxylamine groups is 1. The van der Waals surface area contributed by atoms with E-state index in [0.717, 1.165) is 10.4 Å². The Morgan fingerprint density at radius 1 is 0.980 bits per heavy atom. The summed E-state index contributed by atoms with van der Waals surface area (Å²) < 4.78 is 30.0. The molecule has 0 spiro atoms. The summed E-state index contributed by atoms with van der Waals surface area (Å²) in [6, 6.07) is 20.1. The van der Waals surface area contributed by atoms with Gasteiger partial charge in [0, 0.05) is 51.9 Å². The van der Waals surface area contributed by atoms with Gasteiger partial charge in [-0.3, -0.25) is 24.6 Å². The fourth-order valence-electron chi connectivity index (χ4n) is 6.28. The molecule has 3 atom stereocenters. The molecule has 1 aromatic heterocycles. The molecule has 2 heterocycles. The number of fused-ring (bicyclic) bond motifs is 3. The highest BCUT2D eigenvalue weighted by Gasteiger charge is 2.44. The number of alkyl halides is 2. The summed E-state index contributed by atoms with van der Waals surface area (Å²) in [5.74, 6) is -5.42. The van der Waals surface area contributed by atoms with Gasteiger partial charge in [-0.15, -0.1) is 11.3 Å². The Labute approximate surface area is 284 Å². The van der Waals surface area contributed by atoms with Crippen molar-refractivity contribution in [2.75, 3.05) is 13.1 Å². The molecule has 1 aliphatic heterocycles. The van der Waals surface area contributed by atoms with E-state index in [1.165, 1.54) is 47.4 Å². The van der Waals surface area contributed by atoms with E-state index in [4.69, 9.17) is 5.41 Å². The third-order valence-electron chi connectivity index (χ3n) is 8.76. The second-order valence-corrected chi connectivity index (χ2v) is 12.9. The Balaban J connectivity index is 1.14. The zero-order chi connectivity index (χ0) is 34.9. The fraction of sp³-hybridized carbons (Fsp3) is 0.250. The fourth-order valence-corrected chi connectivity index (χ4v) is 7.19. The number of amidine groups is 1. The monoisotopic (exact) mass is 685 g/mol. The Morgan fingerprint density at radius 2 is 1.69 bits per heavy atom. The summed E-state index contributed by atoms with van der Waals surface area (Å²) in [7, 11) is 0. The van der Waals surface area contributed by atoms with E-state index < -0.39 is 42.3 Å². The summed E-state index contributed by atoms with van der Waals surface area (Å²) in [6.07, 6.45) is 0.368. The molecule has 1 saturated heterocycles. The molecular weight excluding hydrogens is 652 g/mol. The molecule has 2 aliphatic rings. The first-order chi connectivity index (χ1) is 23.4. The van der Waals surface area contributed by atoms with Crippen LogP contribution in [0.5, 0.6) is 0 Å². The number of carbonyl (C=O) groups excluding carboxylic acids is 4. The molecule has 10 nitrogen and oxygen atoms in total. The number of thiophene rings is 1. The number of nitrogens with one attached hydrogen (secondary N) is 4. The van der Waals surface area contributed by atoms with Gasteiger partial charge in [-0.2, -0.15) is 8.78 Å². The lowest BCUT2D eigenvalue weighted by atomic mass is 9.96. The molecular formula is C36H33F2N5O5S. The maximum Gasteiger partial charge on any atom is 0.329 e. The number of hydrogen-bond donors (Lipinski definition) is 4. The van der Waals surface area contributed by atoms with Gasteiger partial charge in [0.2, 0.25) is 11.8 Å². The number of hydrogen-bond acceptors (Lipinski definition) is 7. The predicted octanol–water partition coefficient (Wildman–Crippen LogP) is 5.25. The Kier molecular flexibility index (Phi) is 9.28. The van der Waals surface area contributed by atoms with Crippen molar-refractivity contribution in [1.29, 1.82) is 5.41 Å². The Bertz CT molecular complexity index is 1950. The van der Waals surface area contributed by atoms with E-state index >= 15 is 0 Å². The molecule has 0 bridgehead atoms. The van der Waals surface area contributed by atoms with E-state index in [1.54, 1.807) is 36.6 Å². The van der Waals surface area contributed by atoms with Gasteiger partial charge in [-0.25, -0.2) is 5.48 Å². The summed E-state index contributed by atoms with van der Waals surface area (Å²) in [4.78, 5) is 58.4. The maximum absolute atomic E-state index is 15.0. The van der Waals surface area contributed by atoms with Crippen LogP contribution in [0.15, 0.2) is 84.2 Å². The quantitative estimate of drug-likeness (QED) is 0.113. The lowest BCUT2D eigenvalue weighted by Crippen LogP contribution is -2.49. The first kappa shape index (κ1) is 33.5. The summed E-state index contributed by atoms with van der Waals surface area (Å²) in [5.41, 5.74) is 4.19. The molecule has 0 saturated carbocycles. The smallest absolute Gasteiger partial charge is 0.329 e. The van der Waals surface area contributed by atoms with Crippen LogP contribution >= 0.6 is 11.3 Å². The number of carbonyl (C=O) groups is 4. The van der Waals surface area contributed by atoms with Gasteiger partial charge in [0.25, 0.3) is 11.8 Å². The van der Waals surface area contributed by atoms with Crippen molar-refractivity contribution in [3.63, 3.8) is 0 Å². The molecule has 252 valence electrons. The Morgan fingerprint density at radius 3 is 2.45 bits per heavy atom. The SMILES string of the molecule is CC(=O)ONC(=N)c1csc([C@@H](C)NC(=O)[C@@H]2C[C@@H](c3ccccc3)CN2C(=O)CNC(=O)c2ccc3c(c2)-c2ccccc2C3(F)F)c1. The third-order valence-corrected chi connectivity index (χ3v) is 9.88. The van der Waals surface area contributed by atoms with Gasteiger partial charge >= 0.3 is 5.97 Å². The first-order valence-electron chi connectivity index (χ1n) is 15.6. The van der Waals surface area contributed by atoms with Crippen molar-refractivity contribution in [3.05, 3.63) is 117 Å². The molecule has 3 aromatic carbocycles. The number of nitrogens with zero attached hydrogens (tertiary/aromatic N) is 1. The molecule has 13 heteroatoms. The second kappa shape index (κ2) is 13.6. The zero-order valence-corrected chi connectivity index (χ0v) is 27.4. The van der Waals surface area contributed by atoms with Crippen LogP contribution in [-0.2, 0) is 25.1 Å². The number of likely N-dealkylation sites (tertiary alicyclic amines) is 1. The van der Waals surface area contributed by atoms with Crippen LogP contribution < -0.4 is 16.1 Å². The molecule has 6 rings (SSSR count). The largest absolute Gasteiger partial charge is 0.347 e. The molecule has 0 unspecified atom stereocenters. The van der Waals surface area contributed by atoms with Crippen LogP contribution in [0.2, 0.25) is 0 Å². The molecule has 1 fully saturated rings. The highest BCUT2D eigenvalue weighted by molar-refractivity contribution is 7.10. The van der Waals surface area contributed by atoms with Gasteiger partial charge in [0.15, 0.2) is 5.84 Å². The normalized spacial score (nSPS) is 17.8. The molecule has 0 radical (unpaired) electrons. The van der Waals surface area contributed by atoms with Crippen molar-refractivity contribution in [1.82, 2.24) is 21.0 Å². The standard InChI is InChI=1S/C36H33F2N5O5S/c1-20(31-16-25(19-49-31)33(39)42-48-21(2)44)41-35(47)30-15-24(22-8-4-3-5-9-22)18-43(30)32(45)17-40-34(46)23-12-13-29-27(14-23)26-10-6-7-11-28(26)36(29,37)38/h3-14,16,19-20,24,30H,15,17-18H2,1-2H3,(H2,39,42)(H,40,46)(H,41,47)/t20-,24-,30+/m1/s1. The highest BCUT2D eigenvalue weighted by Crippen LogP contribution is 2.51. The van der Waals surface area contributed by atoms with Crippen LogP contribution in [0.3, 0.4) is 0 Å². The minimum absolute atomic E-state index is 0.112. The highest BCUT2D eigenvalue weighted by atomic mass is 32.1. The predicted molar refractivity (Wildman–Crippen MR) is 179 cm³/mol. The average Bonchev–Trinajstić information content (AvgIpc) is 3.83. The summed E-state index contributed by atoms with van der Waals surface area (Å²) in [6.45, 7) is 2.87. The van der Waals surface area contributed by atoms with E-state index in [9.17, 15) is 28.0 Å². The molecule has 1 aliphatic carbocycles. The van der Waals surface area contributed by atoms with Gasteiger partial charge in [-0.1, -0.05) is 60.7 Å². The van der Waals surface area contributed by atoms with E-state index in [0.29, 0.717) is 17.5 Å². The van der Waals surface area contributed by atoms with Gasteiger partial charge in [-0.05, 0) is 48.2 Å². The van der Waals surface area contributed by atoms with Crippen molar-refractivity contribution in [3.8, 4) is 11.1 Å². The van der Waals surface area contributed by atoms with Gasteiger partial charge in [0.1, 0.15) is 6.04 Å². The van der Waals surface area contributed by atoms with Gasteiger partial charge in [0.05, 0.1) is 12.6 Å². The van der Waals surface area contributed by atoms with Crippen molar-refractivity contribution in [2.24, 2.45) is 0 Å².